The third kappa shape index (κ3) is 3.54. The Morgan fingerprint density at radius 3 is 2.71 bits per heavy atom. The Balaban J connectivity index is 1.94. The molecule has 1 saturated heterocycles. The Kier molecular flexibility index (Phi) is 3.45. The Bertz CT molecular complexity index is 400. The molecule has 0 unspecified atom stereocenters. The predicted molar refractivity (Wildman–Crippen MR) is 63.2 cm³/mol. The second-order valence-electron chi connectivity index (χ2n) is 4.60. The summed E-state index contributed by atoms with van der Waals surface area (Å²) >= 11 is 0. The highest BCUT2D eigenvalue weighted by atomic mass is 16.7. The molecular weight excluding hydrogens is 218 g/mol. The van der Waals surface area contributed by atoms with Gasteiger partial charge in [0.2, 0.25) is 12.8 Å². The molecule has 1 fully saturated rings. The summed E-state index contributed by atoms with van der Waals surface area (Å²) in [5.41, 5.74) is 1.05. The monoisotopic (exact) mass is 236 g/mol. The molecule has 0 aliphatic carbocycles. The molecule has 92 valence electrons. The fourth-order valence-electron chi connectivity index (χ4n) is 1.80. The van der Waals surface area contributed by atoms with E-state index in [0.29, 0.717) is 13.2 Å². The van der Waals surface area contributed by atoms with Crippen LogP contribution in [0.1, 0.15) is 19.4 Å². The van der Waals surface area contributed by atoms with Crippen LogP contribution in [0.5, 0.6) is 0 Å². The van der Waals surface area contributed by atoms with Crippen molar-refractivity contribution in [3.63, 3.8) is 0 Å². The molecule has 1 heterocycles. The lowest BCUT2D eigenvalue weighted by molar-refractivity contribution is -0.784. The van der Waals surface area contributed by atoms with Crippen molar-refractivity contribution < 1.29 is 19.4 Å². The SMILES string of the molecule is CC1(C)OC[C@H](/C=[N+](\O)Cc2ccccc2)O1. The van der Waals surface area contributed by atoms with Crippen LogP contribution in [0.15, 0.2) is 30.3 Å². The molecule has 4 nitrogen and oxygen atoms in total. The molecule has 1 N–H and O–H groups in total. The van der Waals surface area contributed by atoms with Crippen molar-refractivity contribution in [1.82, 2.24) is 0 Å². The van der Waals surface area contributed by atoms with Crippen molar-refractivity contribution >= 4 is 6.21 Å². The van der Waals surface area contributed by atoms with Crippen LogP contribution in [0.25, 0.3) is 0 Å². The third-order valence-electron chi connectivity index (χ3n) is 2.56. The summed E-state index contributed by atoms with van der Waals surface area (Å²) in [5, 5.41) is 9.78. The van der Waals surface area contributed by atoms with E-state index in [9.17, 15) is 5.21 Å². The number of hydroxylamine groups is 1. The first-order chi connectivity index (χ1) is 8.05. The number of hydrogen-bond acceptors (Lipinski definition) is 3. The average molecular weight is 236 g/mol. The molecule has 0 spiro atoms. The summed E-state index contributed by atoms with van der Waals surface area (Å²) in [6, 6.07) is 9.77. The van der Waals surface area contributed by atoms with Crippen molar-refractivity contribution in [1.29, 1.82) is 0 Å². The second-order valence-corrected chi connectivity index (χ2v) is 4.60. The van der Waals surface area contributed by atoms with Crippen LogP contribution in [-0.4, -0.2) is 34.7 Å². The van der Waals surface area contributed by atoms with Gasteiger partial charge in [0, 0.05) is 5.56 Å². The Labute approximate surface area is 101 Å². The molecule has 1 aromatic rings. The largest absolute Gasteiger partial charge is 0.347 e. The van der Waals surface area contributed by atoms with E-state index in [-0.39, 0.29) is 6.10 Å². The summed E-state index contributed by atoms with van der Waals surface area (Å²) in [4.78, 5) is 0. The third-order valence-corrected chi connectivity index (χ3v) is 2.56. The number of nitrogens with zero attached hydrogens (tertiary/aromatic N) is 1. The van der Waals surface area contributed by atoms with Gasteiger partial charge in [-0.1, -0.05) is 30.3 Å². The number of hydrogen-bond donors (Lipinski definition) is 1. The van der Waals surface area contributed by atoms with Crippen LogP contribution < -0.4 is 0 Å². The molecule has 17 heavy (non-hydrogen) atoms. The number of rotatable bonds is 3. The molecule has 0 saturated carbocycles. The van der Waals surface area contributed by atoms with E-state index in [1.165, 1.54) is 0 Å². The first kappa shape index (κ1) is 12.1. The lowest BCUT2D eigenvalue weighted by Crippen LogP contribution is -2.24. The summed E-state index contributed by atoms with van der Waals surface area (Å²) < 4.78 is 12.1. The molecule has 0 aromatic heterocycles. The zero-order chi connectivity index (χ0) is 12.3. The molecule has 0 bridgehead atoms. The zero-order valence-corrected chi connectivity index (χ0v) is 10.2. The van der Waals surface area contributed by atoms with E-state index in [1.807, 2.05) is 44.2 Å². The van der Waals surface area contributed by atoms with Gasteiger partial charge < -0.3 is 9.47 Å². The van der Waals surface area contributed by atoms with E-state index in [2.05, 4.69) is 0 Å². The van der Waals surface area contributed by atoms with Gasteiger partial charge in [0.25, 0.3) is 0 Å². The molecule has 0 amide bonds. The second kappa shape index (κ2) is 4.85. The summed E-state index contributed by atoms with van der Waals surface area (Å²) in [6.45, 7) is 4.64. The highest BCUT2D eigenvalue weighted by Gasteiger charge is 2.34. The Hall–Kier alpha value is -1.39. The molecule has 1 aromatic carbocycles. The maximum atomic E-state index is 9.78. The van der Waals surface area contributed by atoms with Crippen LogP contribution in [0.4, 0.5) is 0 Å². The number of benzene rings is 1. The van der Waals surface area contributed by atoms with E-state index >= 15 is 0 Å². The summed E-state index contributed by atoms with van der Waals surface area (Å²) in [6.07, 6.45) is 1.44. The fourth-order valence-corrected chi connectivity index (χ4v) is 1.80. The normalized spacial score (nSPS) is 23.9. The maximum absolute atomic E-state index is 9.78. The standard InChI is InChI=1S/C13H18NO3/c1-13(2)16-10-12(17-13)9-14(15)8-11-6-4-3-5-7-11/h3-7,9,12,15H,8,10H2,1-2H3/q+1/b14-9-/t12-/m0/s1. The van der Waals surface area contributed by atoms with Gasteiger partial charge in [-0.3, -0.25) is 5.21 Å². The highest BCUT2D eigenvalue weighted by molar-refractivity contribution is 5.57. The van der Waals surface area contributed by atoms with E-state index < -0.39 is 5.79 Å². The molecule has 1 atom stereocenters. The highest BCUT2D eigenvalue weighted by Crippen LogP contribution is 2.21. The zero-order valence-electron chi connectivity index (χ0n) is 10.2. The van der Waals surface area contributed by atoms with Gasteiger partial charge >= 0.3 is 0 Å². The molecule has 0 radical (unpaired) electrons. The van der Waals surface area contributed by atoms with Crippen molar-refractivity contribution in [2.24, 2.45) is 0 Å². The molecule has 2 rings (SSSR count). The molecule has 1 aliphatic heterocycles. The van der Waals surface area contributed by atoms with Crippen molar-refractivity contribution in [3.8, 4) is 0 Å². The van der Waals surface area contributed by atoms with Gasteiger partial charge in [-0.2, -0.15) is 0 Å². The van der Waals surface area contributed by atoms with E-state index in [1.54, 1.807) is 6.21 Å². The van der Waals surface area contributed by atoms with Crippen LogP contribution in [0, 0.1) is 0 Å². The first-order valence-corrected chi connectivity index (χ1v) is 5.71. The topological polar surface area (TPSA) is 41.7 Å². The minimum absolute atomic E-state index is 0.196. The van der Waals surface area contributed by atoms with E-state index in [0.717, 1.165) is 10.3 Å². The van der Waals surface area contributed by atoms with Gasteiger partial charge in [-0.25, -0.2) is 0 Å². The number of ether oxygens (including phenoxy) is 2. The van der Waals surface area contributed by atoms with Gasteiger partial charge in [-0.05, 0) is 18.6 Å². The van der Waals surface area contributed by atoms with Crippen LogP contribution in [0.3, 0.4) is 0 Å². The predicted octanol–water partition coefficient (Wildman–Crippen LogP) is 1.81. The lowest BCUT2D eigenvalue weighted by atomic mass is 10.2. The Morgan fingerprint density at radius 2 is 2.12 bits per heavy atom. The minimum atomic E-state index is -0.561. The van der Waals surface area contributed by atoms with Crippen molar-refractivity contribution in [3.05, 3.63) is 35.9 Å². The quantitative estimate of drug-likeness (QED) is 0.376. The van der Waals surface area contributed by atoms with E-state index in [4.69, 9.17) is 9.47 Å². The lowest BCUT2D eigenvalue weighted by Gasteiger charge is -2.14. The fraction of sp³-hybridized carbons (Fsp3) is 0.462. The Morgan fingerprint density at radius 1 is 1.41 bits per heavy atom. The maximum Gasteiger partial charge on any atom is 0.224 e. The van der Waals surface area contributed by atoms with Gasteiger partial charge in [0.1, 0.15) is 0 Å². The molecule has 4 heteroatoms. The van der Waals surface area contributed by atoms with Gasteiger partial charge in [0.15, 0.2) is 11.9 Å². The van der Waals surface area contributed by atoms with Crippen LogP contribution >= 0.6 is 0 Å². The molecule has 1 aliphatic rings. The summed E-state index contributed by atoms with van der Waals surface area (Å²) in [7, 11) is 0. The summed E-state index contributed by atoms with van der Waals surface area (Å²) in [5.74, 6) is -0.561. The van der Waals surface area contributed by atoms with Gasteiger partial charge in [-0.15, -0.1) is 0 Å². The average Bonchev–Trinajstić information content (AvgIpc) is 2.59. The van der Waals surface area contributed by atoms with Crippen LogP contribution in [0.2, 0.25) is 0 Å². The minimum Gasteiger partial charge on any atom is -0.347 e. The van der Waals surface area contributed by atoms with Gasteiger partial charge in [0.05, 0.1) is 6.61 Å². The smallest absolute Gasteiger partial charge is 0.224 e. The van der Waals surface area contributed by atoms with Crippen molar-refractivity contribution in [2.75, 3.05) is 6.61 Å². The van der Waals surface area contributed by atoms with Crippen LogP contribution in [-0.2, 0) is 16.0 Å². The van der Waals surface area contributed by atoms with Crippen molar-refractivity contribution in [2.45, 2.75) is 32.3 Å². The first-order valence-electron chi connectivity index (χ1n) is 5.71. The molecular formula is C13H18NO3+.